The Bertz CT molecular complexity index is 529. The highest BCUT2D eigenvalue weighted by Gasteiger charge is 2.46. The summed E-state index contributed by atoms with van der Waals surface area (Å²) in [5, 5.41) is 1.12. The Kier molecular flexibility index (Phi) is 3.96. The van der Waals surface area contributed by atoms with Crippen molar-refractivity contribution in [2.75, 3.05) is 7.11 Å². The second-order valence-electron chi connectivity index (χ2n) is 6.00. The van der Waals surface area contributed by atoms with Crippen LogP contribution in [0.2, 0.25) is 10.0 Å². The molecule has 3 rings (SSSR count). The van der Waals surface area contributed by atoms with Crippen molar-refractivity contribution < 1.29 is 9.53 Å². The average Bonchev–Trinajstić information content (AvgIpc) is 2.82. The second kappa shape index (κ2) is 5.57. The van der Waals surface area contributed by atoms with Crippen molar-refractivity contribution in [2.24, 2.45) is 17.8 Å². The highest BCUT2D eigenvalue weighted by molar-refractivity contribution is 6.42. The monoisotopic (exact) mass is 312 g/mol. The summed E-state index contributed by atoms with van der Waals surface area (Å²) < 4.78 is 5.05. The van der Waals surface area contributed by atoms with Gasteiger partial charge in [-0.25, -0.2) is 0 Å². The molecule has 2 unspecified atom stereocenters. The first-order chi connectivity index (χ1) is 9.60. The Balaban J connectivity index is 1.96. The van der Waals surface area contributed by atoms with Crippen molar-refractivity contribution in [1.82, 2.24) is 0 Å². The normalized spacial score (nSPS) is 32.1. The number of esters is 1. The van der Waals surface area contributed by atoms with Crippen LogP contribution < -0.4 is 0 Å². The summed E-state index contributed by atoms with van der Waals surface area (Å²) in [4.78, 5) is 12.2. The van der Waals surface area contributed by atoms with Crippen molar-refractivity contribution in [2.45, 2.75) is 31.6 Å². The summed E-state index contributed by atoms with van der Waals surface area (Å²) in [5.74, 6) is 1.30. The molecule has 1 aromatic carbocycles. The van der Waals surface area contributed by atoms with Gasteiger partial charge in [0.1, 0.15) is 0 Å². The van der Waals surface area contributed by atoms with Crippen molar-refractivity contribution in [3.63, 3.8) is 0 Å². The van der Waals surface area contributed by atoms with Crippen molar-refractivity contribution >= 4 is 29.2 Å². The van der Waals surface area contributed by atoms with Gasteiger partial charge in [-0.15, -0.1) is 0 Å². The molecule has 2 aliphatic rings. The lowest BCUT2D eigenvalue weighted by atomic mass is 9.69. The molecule has 2 bridgehead atoms. The summed E-state index contributed by atoms with van der Waals surface area (Å²) in [6.45, 7) is 0. The summed E-state index contributed by atoms with van der Waals surface area (Å²) in [6, 6.07) is 5.74. The molecule has 4 atom stereocenters. The summed E-state index contributed by atoms with van der Waals surface area (Å²) in [7, 11) is 1.48. The lowest BCUT2D eigenvalue weighted by molar-refractivity contribution is -0.149. The van der Waals surface area contributed by atoms with Crippen LogP contribution in [0.3, 0.4) is 0 Å². The number of benzene rings is 1. The standard InChI is InChI=1S/C16H18Cl2O2/c1-20-16(19)15-11-3-2-9(6-11)7-12(15)10-4-5-13(17)14(18)8-10/h4-5,8-9,11-12,15H,2-3,6-7H2,1H3/t9?,11?,12-,15+/m0/s1. The van der Waals surface area contributed by atoms with E-state index in [4.69, 9.17) is 27.9 Å². The van der Waals surface area contributed by atoms with Crippen LogP contribution in [0.25, 0.3) is 0 Å². The smallest absolute Gasteiger partial charge is 0.309 e. The minimum atomic E-state index is -0.0774. The molecule has 108 valence electrons. The number of halogens is 2. The van der Waals surface area contributed by atoms with Crippen molar-refractivity contribution in [3.05, 3.63) is 33.8 Å². The van der Waals surface area contributed by atoms with Gasteiger partial charge in [-0.2, -0.15) is 0 Å². The Hall–Kier alpha value is -0.730. The SMILES string of the molecule is COC(=O)[C@@H]1C2CCC(C2)C[C@H]1c1ccc(Cl)c(Cl)c1. The molecule has 0 saturated heterocycles. The number of ether oxygens (including phenoxy) is 1. The molecule has 2 aliphatic carbocycles. The van der Waals surface area contributed by atoms with Gasteiger partial charge in [0, 0.05) is 0 Å². The minimum absolute atomic E-state index is 0.0315. The fraction of sp³-hybridized carbons (Fsp3) is 0.562. The molecular weight excluding hydrogens is 295 g/mol. The van der Waals surface area contributed by atoms with Crippen LogP contribution >= 0.6 is 23.2 Å². The molecule has 0 amide bonds. The lowest BCUT2D eigenvalue weighted by Gasteiger charge is -2.35. The summed E-state index contributed by atoms with van der Waals surface area (Å²) in [5.41, 5.74) is 1.12. The quantitative estimate of drug-likeness (QED) is 0.741. The van der Waals surface area contributed by atoms with Crippen molar-refractivity contribution in [1.29, 1.82) is 0 Å². The van der Waals surface area contributed by atoms with E-state index in [-0.39, 0.29) is 17.8 Å². The zero-order valence-corrected chi connectivity index (χ0v) is 13.0. The Morgan fingerprint density at radius 3 is 2.70 bits per heavy atom. The van der Waals surface area contributed by atoms with E-state index in [9.17, 15) is 4.79 Å². The molecule has 2 nitrogen and oxygen atoms in total. The van der Waals surface area contributed by atoms with Gasteiger partial charge in [0.05, 0.1) is 23.1 Å². The maximum atomic E-state index is 12.2. The maximum Gasteiger partial charge on any atom is 0.309 e. The number of hydrogen-bond donors (Lipinski definition) is 0. The van der Waals surface area contributed by atoms with Crippen LogP contribution in [0, 0.1) is 17.8 Å². The second-order valence-corrected chi connectivity index (χ2v) is 6.82. The fourth-order valence-electron chi connectivity index (χ4n) is 4.07. The van der Waals surface area contributed by atoms with E-state index >= 15 is 0 Å². The predicted molar refractivity (Wildman–Crippen MR) is 80.2 cm³/mol. The van der Waals surface area contributed by atoms with Gasteiger partial charge in [0.2, 0.25) is 0 Å². The molecular formula is C16H18Cl2O2. The maximum absolute atomic E-state index is 12.2. The van der Waals surface area contributed by atoms with E-state index in [0.29, 0.717) is 16.0 Å². The molecule has 0 heterocycles. The van der Waals surface area contributed by atoms with Gasteiger partial charge >= 0.3 is 5.97 Å². The van der Waals surface area contributed by atoms with E-state index in [2.05, 4.69) is 0 Å². The molecule has 0 aliphatic heterocycles. The average molecular weight is 313 g/mol. The number of fused-ring (bicyclic) bond motifs is 2. The van der Waals surface area contributed by atoms with Crippen LogP contribution in [0.4, 0.5) is 0 Å². The number of carbonyl (C=O) groups excluding carboxylic acids is 1. The number of hydrogen-bond acceptors (Lipinski definition) is 2. The highest BCUT2D eigenvalue weighted by Crippen LogP contribution is 2.52. The van der Waals surface area contributed by atoms with E-state index in [1.807, 2.05) is 18.2 Å². The number of carbonyl (C=O) groups is 1. The molecule has 0 aromatic heterocycles. The predicted octanol–water partition coefficient (Wildman–Crippen LogP) is 4.69. The minimum Gasteiger partial charge on any atom is -0.469 e. The summed E-state index contributed by atoms with van der Waals surface area (Å²) >= 11 is 12.1. The topological polar surface area (TPSA) is 26.3 Å². The third-order valence-corrected chi connectivity index (χ3v) is 5.69. The first kappa shape index (κ1) is 14.2. The Labute approximate surface area is 129 Å². The molecule has 0 spiro atoms. The summed E-state index contributed by atoms with van der Waals surface area (Å²) in [6.07, 6.45) is 4.59. The molecule has 4 heteroatoms. The van der Waals surface area contributed by atoms with Gasteiger partial charge in [-0.3, -0.25) is 4.79 Å². The first-order valence-electron chi connectivity index (χ1n) is 7.13. The van der Waals surface area contributed by atoms with Gasteiger partial charge in [-0.05, 0) is 54.7 Å². The van der Waals surface area contributed by atoms with E-state index in [0.717, 1.165) is 30.7 Å². The van der Waals surface area contributed by atoms with Gasteiger partial charge in [0.25, 0.3) is 0 Å². The number of rotatable bonds is 2. The highest BCUT2D eigenvalue weighted by atomic mass is 35.5. The third kappa shape index (κ3) is 2.44. The zero-order valence-electron chi connectivity index (χ0n) is 11.4. The zero-order chi connectivity index (χ0) is 14.3. The fourth-order valence-corrected chi connectivity index (χ4v) is 4.37. The van der Waals surface area contributed by atoms with Crippen LogP contribution in [0.15, 0.2) is 18.2 Å². The van der Waals surface area contributed by atoms with E-state index in [1.165, 1.54) is 13.5 Å². The molecule has 2 saturated carbocycles. The third-order valence-electron chi connectivity index (χ3n) is 4.96. The van der Waals surface area contributed by atoms with Gasteiger partial charge in [0.15, 0.2) is 0 Å². The Morgan fingerprint density at radius 2 is 2.00 bits per heavy atom. The largest absolute Gasteiger partial charge is 0.469 e. The lowest BCUT2D eigenvalue weighted by Crippen LogP contribution is -2.33. The molecule has 2 fully saturated rings. The van der Waals surface area contributed by atoms with Gasteiger partial charge in [-0.1, -0.05) is 35.7 Å². The molecule has 0 N–H and O–H groups in total. The van der Waals surface area contributed by atoms with Crippen LogP contribution in [0.1, 0.15) is 37.2 Å². The van der Waals surface area contributed by atoms with Crippen LogP contribution in [-0.4, -0.2) is 13.1 Å². The number of methoxy groups -OCH3 is 1. The van der Waals surface area contributed by atoms with Gasteiger partial charge < -0.3 is 4.74 Å². The molecule has 0 radical (unpaired) electrons. The first-order valence-corrected chi connectivity index (χ1v) is 7.88. The van der Waals surface area contributed by atoms with E-state index < -0.39 is 0 Å². The van der Waals surface area contributed by atoms with Crippen LogP contribution in [0.5, 0.6) is 0 Å². The van der Waals surface area contributed by atoms with Crippen molar-refractivity contribution in [3.8, 4) is 0 Å². The van der Waals surface area contributed by atoms with E-state index in [1.54, 1.807) is 0 Å². The molecule has 1 aromatic rings. The molecule has 20 heavy (non-hydrogen) atoms. The Morgan fingerprint density at radius 1 is 1.20 bits per heavy atom. The van der Waals surface area contributed by atoms with Crippen LogP contribution in [-0.2, 0) is 9.53 Å².